The fraction of sp³-hybridized carbons (Fsp3) is 0.560. The number of amides is 2. The summed E-state index contributed by atoms with van der Waals surface area (Å²) in [4.78, 5) is 33.2. The molecule has 0 aliphatic heterocycles. The number of aromatic amines is 1. The quantitative estimate of drug-likeness (QED) is 0.295. The number of alkyl halides is 1. The maximum absolute atomic E-state index is 15.2. The maximum atomic E-state index is 15.2. The molecule has 3 atom stereocenters. The fourth-order valence-corrected chi connectivity index (χ4v) is 5.24. The molecular weight excluding hydrogens is 515 g/mol. The molecule has 38 heavy (non-hydrogen) atoms. The number of halogens is 2. The molecule has 0 saturated heterocycles. The van der Waals surface area contributed by atoms with Crippen LogP contribution in [0.1, 0.15) is 73.5 Å². The van der Waals surface area contributed by atoms with Crippen molar-refractivity contribution in [2.24, 2.45) is 5.92 Å². The summed E-state index contributed by atoms with van der Waals surface area (Å²) in [5.41, 5.74) is 1.30. The third kappa shape index (κ3) is 5.40. The van der Waals surface area contributed by atoms with Crippen LogP contribution in [-0.4, -0.2) is 61.4 Å². The zero-order chi connectivity index (χ0) is 26.2. The number of ether oxygens (including phenoxy) is 1. The Labute approximate surface area is 223 Å². The molecule has 3 fully saturated rings. The number of hydrogen-bond acceptors (Lipinski definition) is 7. The largest absolute Gasteiger partial charge is 0.443 e. The topological polar surface area (TPSA) is 138 Å². The molecule has 6 rings (SSSR count). The van der Waals surface area contributed by atoms with E-state index < -0.39 is 24.3 Å². The highest BCUT2D eigenvalue weighted by Crippen LogP contribution is 2.38. The second-order valence-corrected chi connectivity index (χ2v) is 10.8. The summed E-state index contributed by atoms with van der Waals surface area (Å²) in [6, 6.07) is 3.47. The predicted molar refractivity (Wildman–Crippen MR) is 137 cm³/mol. The van der Waals surface area contributed by atoms with Crippen molar-refractivity contribution in [2.75, 3.05) is 11.9 Å². The molecule has 3 aliphatic rings. The number of carbonyl (C=O) groups excluding carboxylic acids is 2. The van der Waals surface area contributed by atoms with E-state index in [1.165, 1.54) is 19.3 Å². The van der Waals surface area contributed by atoms with Crippen LogP contribution in [0.15, 0.2) is 18.3 Å². The summed E-state index contributed by atoms with van der Waals surface area (Å²) in [7, 11) is 0. The Kier molecular flexibility index (Phi) is 6.81. The van der Waals surface area contributed by atoms with Crippen LogP contribution in [0.5, 0.6) is 0 Å². The van der Waals surface area contributed by atoms with Crippen LogP contribution in [0.2, 0.25) is 5.15 Å². The van der Waals surface area contributed by atoms with Crippen molar-refractivity contribution in [1.29, 1.82) is 0 Å². The van der Waals surface area contributed by atoms with Gasteiger partial charge in [-0.2, -0.15) is 5.10 Å². The number of nitrogens with one attached hydrogen (secondary N) is 4. The number of aromatic nitrogens is 5. The molecule has 202 valence electrons. The van der Waals surface area contributed by atoms with Crippen LogP contribution in [0, 0.1) is 5.92 Å². The molecule has 0 unspecified atom stereocenters. The number of imidazole rings is 1. The summed E-state index contributed by atoms with van der Waals surface area (Å²) in [6.45, 7) is 0.556. The summed E-state index contributed by atoms with van der Waals surface area (Å²) < 4.78 is 22.2. The van der Waals surface area contributed by atoms with Crippen LogP contribution >= 0.6 is 11.6 Å². The molecule has 3 heterocycles. The van der Waals surface area contributed by atoms with E-state index in [1.54, 1.807) is 22.7 Å². The zero-order valence-corrected chi connectivity index (χ0v) is 21.5. The second kappa shape index (κ2) is 10.4. The van der Waals surface area contributed by atoms with Gasteiger partial charge in [0.25, 0.3) is 5.91 Å². The molecule has 3 aromatic heterocycles. The predicted octanol–water partition coefficient (Wildman–Crippen LogP) is 4.24. The van der Waals surface area contributed by atoms with Crippen molar-refractivity contribution in [3.8, 4) is 0 Å². The first-order valence-electron chi connectivity index (χ1n) is 13.2. The summed E-state index contributed by atoms with van der Waals surface area (Å²) in [6.07, 6.45) is 6.40. The van der Waals surface area contributed by atoms with E-state index in [0.29, 0.717) is 48.4 Å². The molecular formula is C25H30ClFN8O3. The average molecular weight is 545 g/mol. The number of nitrogens with zero attached hydrogens (tertiary/aromatic N) is 4. The molecule has 13 heteroatoms. The van der Waals surface area contributed by atoms with Gasteiger partial charge in [-0.05, 0) is 38.0 Å². The third-order valence-corrected chi connectivity index (χ3v) is 7.80. The fourth-order valence-electron chi connectivity index (χ4n) is 5.06. The highest BCUT2D eigenvalue weighted by Gasteiger charge is 2.41. The third-order valence-electron chi connectivity index (χ3n) is 7.61. The van der Waals surface area contributed by atoms with Crippen molar-refractivity contribution in [1.82, 2.24) is 35.2 Å². The first-order valence-corrected chi connectivity index (χ1v) is 13.6. The van der Waals surface area contributed by atoms with E-state index in [1.807, 2.05) is 0 Å². The van der Waals surface area contributed by atoms with E-state index in [2.05, 4.69) is 36.1 Å². The number of carbonyl (C=O) groups is 2. The normalized spacial score (nSPS) is 23.3. The van der Waals surface area contributed by atoms with E-state index in [4.69, 9.17) is 16.3 Å². The highest BCUT2D eigenvalue weighted by molar-refractivity contribution is 6.29. The minimum Gasteiger partial charge on any atom is -0.443 e. The van der Waals surface area contributed by atoms with Gasteiger partial charge in [-0.25, -0.2) is 19.2 Å². The first-order chi connectivity index (χ1) is 18.4. The van der Waals surface area contributed by atoms with Gasteiger partial charge in [0.05, 0.1) is 0 Å². The Hall–Kier alpha value is -3.41. The van der Waals surface area contributed by atoms with Gasteiger partial charge >= 0.3 is 6.09 Å². The summed E-state index contributed by atoms with van der Waals surface area (Å²) in [5.74, 6) is 0.665. The SMILES string of the molecule is O=C(NCCC1CCC1)O[C@@H]1CC[C@H](c2cc(Nc3nc(Cl)cc4nc(C(=O)NC5CC5)cn34)n[nH]2)[C@H]1F. The van der Waals surface area contributed by atoms with Gasteiger partial charge in [0, 0.05) is 42.5 Å². The number of rotatable bonds is 9. The van der Waals surface area contributed by atoms with Gasteiger partial charge in [0.15, 0.2) is 5.82 Å². The monoisotopic (exact) mass is 544 g/mol. The van der Waals surface area contributed by atoms with E-state index >= 15 is 4.39 Å². The average Bonchev–Trinajstić information content (AvgIpc) is 3.22. The number of H-pyrrole nitrogens is 1. The minimum absolute atomic E-state index is 0.195. The van der Waals surface area contributed by atoms with Crippen LogP contribution in [0.4, 0.5) is 21.0 Å². The van der Waals surface area contributed by atoms with E-state index in [9.17, 15) is 9.59 Å². The lowest BCUT2D eigenvalue weighted by molar-refractivity contribution is 0.0564. The van der Waals surface area contributed by atoms with Crippen LogP contribution < -0.4 is 16.0 Å². The van der Waals surface area contributed by atoms with E-state index in [-0.39, 0.29) is 22.8 Å². The van der Waals surface area contributed by atoms with Crippen LogP contribution in [-0.2, 0) is 4.74 Å². The Morgan fingerprint density at radius 1 is 1.16 bits per heavy atom. The molecule has 0 bridgehead atoms. The van der Waals surface area contributed by atoms with Gasteiger partial charge in [0.2, 0.25) is 5.95 Å². The van der Waals surface area contributed by atoms with Crippen LogP contribution in [0.3, 0.4) is 0 Å². The Morgan fingerprint density at radius 3 is 2.76 bits per heavy atom. The van der Waals surface area contributed by atoms with Crippen molar-refractivity contribution in [2.45, 2.75) is 75.6 Å². The molecule has 11 nitrogen and oxygen atoms in total. The second-order valence-electron chi connectivity index (χ2n) is 10.4. The minimum atomic E-state index is -1.35. The lowest BCUT2D eigenvalue weighted by atomic mass is 9.83. The molecule has 3 aliphatic carbocycles. The lowest BCUT2D eigenvalue weighted by Crippen LogP contribution is -2.34. The molecule has 0 radical (unpaired) electrons. The molecule has 0 spiro atoms. The van der Waals surface area contributed by atoms with Gasteiger partial charge < -0.3 is 20.7 Å². The van der Waals surface area contributed by atoms with Crippen LogP contribution in [0.25, 0.3) is 5.65 Å². The van der Waals surface area contributed by atoms with Crippen molar-refractivity contribution in [3.05, 3.63) is 34.9 Å². The van der Waals surface area contributed by atoms with Gasteiger partial charge in [0.1, 0.15) is 28.8 Å². The van der Waals surface area contributed by atoms with Crippen molar-refractivity contribution >= 4 is 41.0 Å². The number of anilines is 2. The number of hydrogen-bond donors (Lipinski definition) is 4. The molecule has 3 aromatic rings. The number of fused-ring (bicyclic) bond motifs is 1. The standard InChI is InChI=1S/C25H30ClFN8O3/c26-19-11-21-30-17(23(36)29-14-4-5-14)12-35(21)24(31-19)32-20-10-16(33-34-20)15-6-7-18(22(15)27)38-25(37)28-9-8-13-2-1-3-13/h10-15,18,22H,1-9H2,(H,28,37)(H,29,36)(H2,31,32,33,34)/t15-,18-,22-/m1/s1. The Morgan fingerprint density at radius 2 is 2.00 bits per heavy atom. The summed E-state index contributed by atoms with van der Waals surface area (Å²) >= 11 is 6.19. The van der Waals surface area contributed by atoms with Crippen molar-refractivity contribution < 1.29 is 18.7 Å². The molecule has 0 aromatic carbocycles. The Balaban J connectivity index is 1.08. The van der Waals surface area contributed by atoms with Gasteiger partial charge in [-0.1, -0.05) is 30.9 Å². The molecule has 4 N–H and O–H groups in total. The lowest BCUT2D eigenvalue weighted by Gasteiger charge is -2.25. The molecule has 3 saturated carbocycles. The Bertz CT molecular complexity index is 1340. The van der Waals surface area contributed by atoms with Gasteiger partial charge in [-0.15, -0.1) is 0 Å². The smallest absolute Gasteiger partial charge is 0.407 e. The zero-order valence-electron chi connectivity index (χ0n) is 20.8. The molecule has 2 amide bonds. The highest BCUT2D eigenvalue weighted by atomic mass is 35.5. The van der Waals surface area contributed by atoms with E-state index in [0.717, 1.165) is 19.3 Å². The van der Waals surface area contributed by atoms with Crippen molar-refractivity contribution in [3.63, 3.8) is 0 Å². The number of alkyl carbamates (subject to hydrolysis) is 1. The first kappa shape index (κ1) is 24.9. The van der Waals surface area contributed by atoms with Gasteiger partial charge in [-0.3, -0.25) is 14.3 Å². The summed E-state index contributed by atoms with van der Waals surface area (Å²) in [5, 5.41) is 16.1. The maximum Gasteiger partial charge on any atom is 0.407 e.